The second-order valence-electron chi connectivity index (χ2n) is 1.96. The highest BCUT2D eigenvalue weighted by Gasteiger charge is 2.00. The zero-order valence-electron chi connectivity index (χ0n) is 5.17. The van der Waals surface area contributed by atoms with Crippen LogP contribution in [0.15, 0.2) is 18.2 Å². The molecule has 0 spiro atoms. The van der Waals surface area contributed by atoms with E-state index in [-0.39, 0.29) is 12.6 Å². The first-order chi connectivity index (χ1) is 4.43. The van der Waals surface area contributed by atoms with Crippen LogP contribution in [0.25, 0.3) is 0 Å². The van der Waals surface area contributed by atoms with Gasteiger partial charge in [-0.2, -0.15) is 0 Å². The van der Waals surface area contributed by atoms with Crippen LogP contribution < -0.4 is 5.32 Å². The summed E-state index contributed by atoms with van der Waals surface area (Å²) < 4.78 is 0. The van der Waals surface area contributed by atoms with Crippen LogP contribution in [0.4, 0.5) is 0 Å². The monoisotopic (exact) mass is 124 g/mol. The van der Waals surface area contributed by atoms with Gasteiger partial charge >= 0.3 is 0 Å². The minimum atomic E-state index is 0.226. The first-order valence-electron chi connectivity index (χ1n) is 3.05. The smallest absolute Gasteiger partial charge is 0.0580 e. The molecule has 0 saturated heterocycles. The summed E-state index contributed by atoms with van der Waals surface area (Å²) in [7, 11) is 0. The van der Waals surface area contributed by atoms with Crippen molar-refractivity contribution in [3.8, 4) is 0 Å². The fraction of sp³-hybridized carbons (Fsp3) is 0.429. The van der Waals surface area contributed by atoms with E-state index in [2.05, 4.69) is 11.5 Å². The third kappa shape index (κ3) is 1.90. The molecule has 0 aliphatic carbocycles. The number of allylic oxidation sites excluding steroid dienone is 2. The van der Waals surface area contributed by atoms with Crippen LogP contribution in [0.3, 0.4) is 0 Å². The molecule has 1 rings (SSSR count). The summed E-state index contributed by atoms with van der Waals surface area (Å²) >= 11 is 0. The van der Waals surface area contributed by atoms with Crippen molar-refractivity contribution in [2.75, 3.05) is 6.61 Å². The lowest BCUT2D eigenvalue weighted by Crippen LogP contribution is -2.24. The minimum absolute atomic E-state index is 0.226. The summed E-state index contributed by atoms with van der Waals surface area (Å²) in [6.45, 7) is 0.226. The van der Waals surface area contributed by atoms with E-state index in [1.807, 2.05) is 18.2 Å². The lowest BCUT2D eigenvalue weighted by Gasteiger charge is -2.12. The van der Waals surface area contributed by atoms with Gasteiger partial charge in [-0.25, -0.2) is 0 Å². The Morgan fingerprint density at radius 2 is 2.56 bits per heavy atom. The van der Waals surface area contributed by atoms with Crippen LogP contribution in [0.5, 0.6) is 0 Å². The second-order valence-corrected chi connectivity index (χ2v) is 1.96. The molecule has 2 N–H and O–H groups in total. The van der Waals surface area contributed by atoms with Crippen LogP contribution in [0, 0.1) is 6.20 Å². The lowest BCUT2D eigenvalue weighted by molar-refractivity contribution is 0.278. The van der Waals surface area contributed by atoms with E-state index >= 15 is 0 Å². The molecule has 49 valence electrons. The molecule has 0 aromatic rings. The highest BCUT2D eigenvalue weighted by molar-refractivity contribution is 5.08. The van der Waals surface area contributed by atoms with Gasteiger partial charge in [-0.05, 0) is 12.5 Å². The fourth-order valence-corrected chi connectivity index (χ4v) is 0.749. The quantitative estimate of drug-likeness (QED) is 0.551. The Kier molecular flexibility index (Phi) is 2.33. The summed E-state index contributed by atoms with van der Waals surface area (Å²) in [5.74, 6) is 0. The van der Waals surface area contributed by atoms with Crippen LogP contribution in [0.2, 0.25) is 0 Å². The Morgan fingerprint density at radius 1 is 1.67 bits per heavy atom. The van der Waals surface area contributed by atoms with E-state index in [9.17, 15) is 0 Å². The van der Waals surface area contributed by atoms with E-state index in [1.54, 1.807) is 0 Å². The van der Waals surface area contributed by atoms with Gasteiger partial charge in [-0.3, -0.25) is 0 Å². The molecule has 0 amide bonds. The maximum Gasteiger partial charge on any atom is 0.0580 e. The van der Waals surface area contributed by atoms with Crippen molar-refractivity contribution in [2.45, 2.75) is 12.5 Å². The average Bonchev–Trinajstić information content (AvgIpc) is 1.91. The molecule has 0 aromatic carbocycles. The van der Waals surface area contributed by atoms with E-state index in [0.29, 0.717) is 0 Å². The van der Waals surface area contributed by atoms with Crippen molar-refractivity contribution in [1.29, 1.82) is 0 Å². The number of aliphatic hydroxyl groups is 1. The zero-order valence-corrected chi connectivity index (χ0v) is 5.17. The Hall–Kier alpha value is -0.760. The first kappa shape index (κ1) is 6.36. The summed E-state index contributed by atoms with van der Waals surface area (Å²) in [6, 6.07) is 0.278. The van der Waals surface area contributed by atoms with Crippen molar-refractivity contribution in [3.05, 3.63) is 24.4 Å². The maximum atomic E-state index is 8.51. The normalized spacial score (nSPS) is 23.9. The van der Waals surface area contributed by atoms with Gasteiger partial charge < -0.3 is 10.4 Å². The fourth-order valence-electron chi connectivity index (χ4n) is 0.749. The van der Waals surface area contributed by atoms with Gasteiger partial charge in [0.1, 0.15) is 0 Å². The van der Waals surface area contributed by atoms with Crippen molar-refractivity contribution >= 4 is 0 Å². The molecule has 1 aliphatic heterocycles. The van der Waals surface area contributed by atoms with Crippen LogP contribution in [0.1, 0.15) is 6.42 Å². The molecule has 1 radical (unpaired) electrons. The van der Waals surface area contributed by atoms with Crippen LogP contribution in [-0.4, -0.2) is 17.8 Å². The Balaban J connectivity index is 2.28. The molecule has 0 aromatic heterocycles. The highest BCUT2D eigenvalue weighted by Crippen LogP contribution is 1.96. The third-order valence-corrected chi connectivity index (χ3v) is 1.23. The van der Waals surface area contributed by atoms with Crippen molar-refractivity contribution < 1.29 is 5.11 Å². The third-order valence-electron chi connectivity index (χ3n) is 1.23. The average molecular weight is 124 g/mol. The molecule has 0 bridgehead atoms. The predicted molar refractivity (Wildman–Crippen MR) is 35.6 cm³/mol. The summed E-state index contributed by atoms with van der Waals surface area (Å²) in [6.07, 6.45) is 9.36. The second kappa shape index (κ2) is 3.30. The van der Waals surface area contributed by atoms with E-state index in [4.69, 9.17) is 5.11 Å². The molecule has 2 nitrogen and oxygen atoms in total. The molecule has 9 heavy (non-hydrogen) atoms. The molecule has 1 heterocycles. The predicted octanol–water partition coefficient (Wildman–Crippen LogP) is 0.214. The molecule has 0 fully saturated rings. The summed E-state index contributed by atoms with van der Waals surface area (Å²) in [5, 5.41) is 11.5. The molecular formula is C7H10NO. The van der Waals surface area contributed by atoms with E-state index in [0.717, 1.165) is 6.42 Å². The summed E-state index contributed by atoms with van der Waals surface area (Å²) in [5.41, 5.74) is 0. The van der Waals surface area contributed by atoms with Crippen molar-refractivity contribution in [2.24, 2.45) is 0 Å². The Bertz CT molecular complexity index is 129. The number of hydrogen-bond acceptors (Lipinski definition) is 2. The summed E-state index contributed by atoms with van der Waals surface area (Å²) in [4.78, 5) is 0. The standard InChI is InChI=1S/C7H10NO/c9-6-4-7-3-1-2-5-8-7/h1-3,7-9H,4,6H2. The van der Waals surface area contributed by atoms with E-state index < -0.39 is 0 Å². The Morgan fingerprint density at radius 3 is 3.11 bits per heavy atom. The number of aliphatic hydroxyl groups excluding tert-OH is 1. The zero-order chi connectivity index (χ0) is 6.53. The van der Waals surface area contributed by atoms with Gasteiger partial charge in [0.05, 0.1) is 6.20 Å². The molecule has 0 saturated carbocycles. The minimum Gasteiger partial charge on any atom is -0.396 e. The molecule has 1 unspecified atom stereocenters. The number of rotatable bonds is 2. The maximum absolute atomic E-state index is 8.51. The van der Waals surface area contributed by atoms with Gasteiger partial charge in [-0.15, -0.1) is 0 Å². The topological polar surface area (TPSA) is 32.3 Å². The molecular weight excluding hydrogens is 114 g/mol. The number of hydrogen-bond donors (Lipinski definition) is 2. The highest BCUT2D eigenvalue weighted by atomic mass is 16.3. The van der Waals surface area contributed by atoms with Crippen LogP contribution >= 0.6 is 0 Å². The Labute approximate surface area is 54.9 Å². The lowest BCUT2D eigenvalue weighted by atomic mass is 10.2. The first-order valence-corrected chi connectivity index (χ1v) is 3.05. The number of dihydropyridines is 1. The molecule has 1 aliphatic rings. The van der Waals surface area contributed by atoms with Gasteiger partial charge in [-0.1, -0.05) is 12.2 Å². The molecule has 2 heteroatoms. The van der Waals surface area contributed by atoms with Gasteiger partial charge in [0, 0.05) is 12.6 Å². The van der Waals surface area contributed by atoms with Gasteiger partial charge in [0.25, 0.3) is 0 Å². The number of nitrogens with one attached hydrogen (secondary N) is 1. The molecule has 1 atom stereocenters. The van der Waals surface area contributed by atoms with Gasteiger partial charge in [0.2, 0.25) is 0 Å². The van der Waals surface area contributed by atoms with Gasteiger partial charge in [0.15, 0.2) is 0 Å². The van der Waals surface area contributed by atoms with Crippen molar-refractivity contribution in [3.63, 3.8) is 0 Å². The van der Waals surface area contributed by atoms with E-state index in [1.165, 1.54) is 0 Å². The van der Waals surface area contributed by atoms with Crippen molar-refractivity contribution in [1.82, 2.24) is 5.32 Å². The SMILES string of the molecule is OCCC1C=CC=[C]N1. The largest absolute Gasteiger partial charge is 0.396 e. The van der Waals surface area contributed by atoms with Crippen LogP contribution in [-0.2, 0) is 0 Å².